The van der Waals surface area contributed by atoms with E-state index in [1.54, 1.807) is 0 Å². The number of fused-ring (bicyclic) bond motifs is 1. The smallest absolute Gasteiger partial charge is 0.137 e. The van der Waals surface area contributed by atoms with E-state index in [2.05, 4.69) is 23.1 Å². The highest BCUT2D eigenvalue weighted by molar-refractivity contribution is 6.17. The molecule has 0 spiro atoms. The van der Waals surface area contributed by atoms with Crippen LogP contribution < -0.4 is 0 Å². The molecule has 0 saturated carbocycles. The Morgan fingerprint density at radius 1 is 1.39 bits per heavy atom. The number of likely N-dealkylation sites (N-methyl/N-ethyl adjacent to an activating group) is 1. The maximum absolute atomic E-state index is 5.54. The van der Waals surface area contributed by atoms with Crippen molar-refractivity contribution in [1.82, 2.24) is 14.3 Å². The van der Waals surface area contributed by atoms with E-state index in [9.17, 15) is 0 Å². The van der Waals surface area contributed by atoms with Crippen molar-refractivity contribution in [3.8, 4) is 0 Å². The number of halogens is 1. The van der Waals surface area contributed by atoms with Crippen LogP contribution in [-0.2, 0) is 11.3 Å². The molecule has 2 aromatic heterocycles. The highest BCUT2D eigenvalue weighted by Gasteiger charge is 2.04. The van der Waals surface area contributed by atoms with Gasteiger partial charge in [-0.25, -0.2) is 4.98 Å². The third kappa shape index (κ3) is 3.70. The lowest BCUT2D eigenvalue weighted by molar-refractivity contribution is 0.121. The minimum atomic E-state index is 0.552. The number of hydrogen-bond donors (Lipinski definition) is 0. The second-order valence-electron chi connectivity index (χ2n) is 4.24. The summed E-state index contributed by atoms with van der Waals surface area (Å²) in [7, 11) is 2.06. The third-order valence-corrected chi connectivity index (χ3v) is 2.84. The SMILES string of the molecule is CN(CCOCCCl)Cc1cn2ccccc2n1. The molecule has 2 rings (SSSR count). The van der Waals surface area contributed by atoms with Crippen LogP contribution in [0.3, 0.4) is 0 Å². The van der Waals surface area contributed by atoms with Gasteiger partial charge in [-0.1, -0.05) is 6.07 Å². The molecule has 98 valence electrons. The van der Waals surface area contributed by atoms with E-state index in [4.69, 9.17) is 16.3 Å². The van der Waals surface area contributed by atoms with Crippen molar-refractivity contribution in [2.24, 2.45) is 0 Å². The van der Waals surface area contributed by atoms with Crippen LogP contribution in [0.2, 0.25) is 0 Å². The van der Waals surface area contributed by atoms with Crippen molar-refractivity contribution >= 4 is 17.2 Å². The number of pyridine rings is 1. The minimum Gasteiger partial charge on any atom is -0.379 e. The minimum absolute atomic E-state index is 0.552. The molecular weight excluding hydrogens is 250 g/mol. The highest BCUT2D eigenvalue weighted by Crippen LogP contribution is 2.06. The van der Waals surface area contributed by atoms with Crippen LogP contribution in [0.25, 0.3) is 5.65 Å². The second-order valence-corrected chi connectivity index (χ2v) is 4.62. The molecule has 0 fully saturated rings. The van der Waals surface area contributed by atoms with Gasteiger partial charge in [0.05, 0.1) is 18.9 Å². The Kier molecular flexibility index (Phi) is 4.99. The fraction of sp³-hybridized carbons (Fsp3) is 0.462. The fourth-order valence-electron chi connectivity index (χ4n) is 1.80. The standard InChI is InChI=1S/C13H18ClN3O/c1-16(7-9-18-8-5-14)10-12-11-17-6-3-2-4-13(17)15-12/h2-4,6,11H,5,7-10H2,1H3. The zero-order valence-corrected chi connectivity index (χ0v) is 11.3. The molecule has 0 atom stereocenters. The number of imidazole rings is 1. The predicted octanol–water partition coefficient (Wildman–Crippen LogP) is 2.02. The molecule has 0 saturated heterocycles. The van der Waals surface area contributed by atoms with E-state index in [-0.39, 0.29) is 0 Å². The molecule has 0 aromatic carbocycles. The van der Waals surface area contributed by atoms with Crippen LogP contribution >= 0.6 is 11.6 Å². The van der Waals surface area contributed by atoms with Crippen molar-refractivity contribution in [2.75, 3.05) is 32.7 Å². The molecule has 0 aliphatic carbocycles. The molecule has 2 heterocycles. The number of rotatable bonds is 7. The quantitative estimate of drug-likeness (QED) is 0.568. The summed E-state index contributed by atoms with van der Waals surface area (Å²) in [6.07, 6.45) is 4.07. The zero-order valence-electron chi connectivity index (χ0n) is 10.6. The predicted molar refractivity (Wildman–Crippen MR) is 73.1 cm³/mol. The Balaban J connectivity index is 1.84. The lowest BCUT2D eigenvalue weighted by Crippen LogP contribution is -2.23. The van der Waals surface area contributed by atoms with Crippen molar-refractivity contribution in [1.29, 1.82) is 0 Å². The summed E-state index contributed by atoms with van der Waals surface area (Å²) in [5, 5.41) is 0. The topological polar surface area (TPSA) is 29.8 Å². The van der Waals surface area contributed by atoms with Gasteiger partial charge in [-0.15, -0.1) is 11.6 Å². The van der Waals surface area contributed by atoms with E-state index in [1.165, 1.54) is 0 Å². The molecule has 0 amide bonds. The van der Waals surface area contributed by atoms with Gasteiger partial charge >= 0.3 is 0 Å². The molecular formula is C13H18ClN3O. The second kappa shape index (κ2) is 6.73. The summed E-state index contributed by atoms with van der Waals surface area (Å²) in [5.41, 5.74) is 2.06. The average molecular weight is 268 g/mol. The van der Waals surface area contributed by atoms with Crippen molar-refractivity contribution in [2.45, 2.75) is 6.54 Å². The van der Waals surface area contributed by atoms with E-state index < -0.39 is 0 Å². The summed E-state index contributed by atoms with van der Waals surface area (Å²) in [5.74, 6) is 0.552. The van der Waals surface area contributed by atoms with Gasteiger partial charge in [-0.3, -0.25) is 4.90 Å². The lowest BCUT2D eigenvalue weighted by Gasteiger charge is -2.14. The van der Waals surface area contributed by atoms with Gasteiger partial charge in [0.15, 0.2) is 0 Å². The first-order valence-electron chi connectivity index (χ1n) is 6.04. The third-order valence-electron chi connectivity index (χ3n) is 2.68. The molecule has 0 N–H and O–H groups in total. The monoisotopic (exact) mass is 267 g/mol. The first kappa shape index (κ1) is 13.3. The van der Waals surface area contributed by atoms with E-state index in [0.29, 0.717) is 19.1 Å². The van der Waals surface area contributed by atoms with Gasteiger partial charge in [0.2, 0.25) is 0 Å². The Labute approximate surface area is 112 Å². The largest absolute Gasteiger partial charge is 0.379 e. The number of alkyl halides is 1. The highest BCUT2D eigenvalue weighted by atomic mass is 35.5. The summed E-state index contributed by atoms with van der Waals surface area (Å²) in [6.45, 7) is 3.02. The van der Waals surface area contributed by atoms with Crippen LogP contribution in [0.4, 0.5) is 0 Å². The molecule has 0 unspecified atom stereocenters. The summed E-state index contributed by atoms with van der Waals surface area (Å²) >= 11 is 5.54. The van der Waals surface area contributed by atoms with Gasteiger partial charge in [0, 0.05) is 31.4 Å². The Morgan fingerprint density at radius 3 is 3.06 bits per heavy atom. The van der Waals surface area contributed by atoms with Crippen LogP contribution in [-0.4, -0.2) is 47.0 Å². The average Bonchev–Trinajstić information content (AvgIpc) is 2.76. The van der Waals surface area contributed by atoms with Gasteiger partial charge < -0.3 is 9.14 Å². The molecule has 4 nitrogen and oxygen atoms in total. The van der Waals surface area contributed by atoms with Crippen LogP contribution in [0.15, 0.2) is 30.6 Å². The van der Waals surface area contributed by atoms with Gasteiger partial charge in [-0.05, 0) is 19.2 Å². The first-order valence-corrected chi connectivity index (χ1v) is 6.58. The van der Waals surface area contributed by atoms with E-state index in [1.807, 2.05) is 28.8 Å². The van der Waals surface area contributed by atoms with E-state index in [0.717, 1.165) is 24.4 Å². The molecule has 0 radical (unpaired) electrons. The van der Waals surface area contributed by atoms with Crippen LogP contribution in [0, 0.1) is 0 Å². The molecule has 0 bridgehead atoms. The maximum atomic E-state index is 5.54. The van der Waals surface area contributed by atoms with E-state index >= 15 is 0 Å². The van der Waals surface area contributed by atoms with Crippen LogP contribution in [0.1, 0.15) is 5.69 Å². The Morgan fingerprint density at radius 2 is 2.28 bits per heavy atom. The Hall–Kier alpha value is -1.10. The summed E-state index contributed by atoms with van der Waals surface area (Å²) in [6, 6.07) is 6.01. The fourth-order valence-corrected chi connectivity index (χ4v) is 1.91. The molecule has 2 aromatic rings. The molecule has 18 heavy (non-hydrogen) atoms. The van der Waals surface area contributed by atoms with Crippen molar-refractivity contribution < 1.29 is 4.74 Å². The van der Waals surface area contributed by atoms with Crippen LogP contribution in [0.5, 0.6) is 0 Å². The van der Waals surface area contributed by atoms with Crippen molar-refractivity contribution in [3.63, 3.8) is 0 Å². The molecule has 5 heteroatoms. The summed E-state index contributed by atoms with van der Waals surface area (Å²) in [4.78, 5) is 6.75. The van der Waals surface area contributed by atoms with Crippen molar-refractivity contribution in [3.05, 3.63) is 36.3 Å². The van der Waals surface area contributed by atoms with Gasteiger partial charge in [0.1, 0.15) is 5.65 Å². The zero-order chi connectivity index (χ0) is 12.8. The number of aromatic nitrogens is 2. The number of ether oxygens (including phenoxy) is 1. The lowest BCUT2D eigenvalue weighted by atomic mass is 10.4. The molecule has 0 aliphatic rings. The first-order chi connectivity index (χ1) is 8.79. The normalized spacial score (nSPS) is 11.5. The Bertz CT molecular complexity index is 453. The maximum Gasteiger partial charge on any atom is 0.137 e. The summed E-state index contributed by atoms with van der Waals surface area (Å²) < 4.78 is 7.39. The number of nitrogens with zero attached hydrogens (tertiary/aromatic N) is 3. The van der Waals surface area contributed by atoms with Gasteiger partial charge in [0.25, 0.3) is 0 Å². The molecule has 0 aliphatic heterocycles. The number of hydrogen-bond acceptors (Lipinski definition) is 3. The van der Waals surface area contributed by atoms with Gasteiger partial charge in [-0.2, -0.15) is 0 Å².